The standard InChI is InChI=1S/C63H121NO8/c1-3-5-7-9-11-13-15-17-19-21-23-25-27-28-29-31-33-35-37-39-41-43-45-47-49-51-53-59(67)64-56(55-71-63-62(70)61(69)60(68)58(54-65)72-63)57(66)52-50-48-46-44-42-40-38-36-34-32-30-26-24-22-20-18-16-14-12-10-8-6-4-2/h42,44,50,52,56-58,60-63,65-66,68-70H,3-41,43,45-49,51,53-55H2,1-2H3,(H,64,67)/b44-42+,52-50+. The molecule has 0 saturated carbocycles. The van der Waals surface area contributed by atoms with Crippen molar-refractivity contribution in [2.45, 2.75) is 358 Å². The van der Waals surface area contributed by atoms with Crippen LogP contribution in [-0.2, 0) is 14.3 Å². The highest BCUT2D eigenvalue weighted by Crippen LogP contribution is 2.23. The topological polar surface area (TPSA) is 149 Å². The lowest BCUT2D eigenvalue weighted by Crippen LogP contribution is -2.60. The lowest BCUT2D eigenvalue weighted by Gasteiger charge is -2.40. The summed E-state index contributed by atoms with van der Waals surface area (Å²) >= 11 is 0. The number of amides is 1. The Balaban J connectivity index is 2.19. The molecule has 426 valence electrons. The summed E-state index contributed by atoms with van der Waals surface area (Å²) in [7, 11) is 0. The molecule has 1 amide bonds. The Hall–Kier alpha value is -1.33. The highest BCUT2D eigenvalue weighted by molar-refractivity contribution is 5.76. The fraction of sp³-hybridized carbons (Fsp3) is 0.921. The van der Waals surface area contributed by atoms with E-state index in [0.717, 1.165) is 38.5 Å². The SMILES string of the molecule is CCCCCCCCCCCCCCCCCCC/C=C/CC/C=C/C(O)C(COC1OC(CO)C(O)C(O)C1O)NC(=O)CCCCCCCCCCCCCCCCCCCCCCCCCCCC. The van der Waals surface area contributed by atoms with Gasteiger partial charge in [-0.05, 0) is 32.1 Å². The molecule has 0 aliphatic carbocycles. The van der Waals surface area contributed by atoms with Crippen molar-refractivity contribution in [1.82, 2.24) is 5.32 Å². The molecule has 1 aliphatic heterocycles. The van der Waals surface area contributed by atoms with E-state index in [9.17, 15) is 30.3 Å². The molecule has 0 radical (unpaired) electrons. The van der Waals surface area contributed by atoms with Gasteiger partial charge in [0.2, 0.25) is 5.91 Å². The number of ether oxygens (including phenoxy) is 2. The Morgan fingerprint density at radius 1 is 0.458 bits per heavy atom. The molecule has 0 aromatic heterocycles. The van der Waals surface area contributed by atoms with Crippen LogP contribution in [-0.4, -0.2) is 87.5 Å². The van der Waals surface area contributed by atoms with Crippen LogP contribution in [0, 0.1) is 0 Å². The van der Waals surface area contributed by atoms with Crippen molar-refractivity contribution in [2.75, 3.05) is 13.2 Å². The lowest BCUT2D eigenvalue weighted by atomic mass is 9.99. The second-order valence-electron chi connectivity index (χ2n) is 22.2. The summed E-state index contributed by atoms with van der Waals surface area (Å²) < 4.78 is 11.3. The Kier molecular flexibility index (Phi) is 50.6. The van der Waals surface area contributed by atoms with E-state index in [1.807, 2.05) is 6.08 Å². The molecule has 9 heteroatoms. The van der Waals surface area contributed by atoms with E-state index in [0.29, 0.717) is 6.42 Å². The van der Waals surface area contributed by atoms with Gasteiger partial charge in [0.25, 0.3) is 0 Å². The number of nitrogens with one attached hydrogen (secondary N) is 1. The predicted octanol–water partition coefficient (Wildman–Crippen LogP) is 16.1. The quantitative estimate of drug-likeness (QED) is 0.0261. The van der Waals surface area contributed by atoms with Gasteiger partial charge in [-0.25, -0.2) is 0 Å². The normalized spacial score (nSPS) is 19.2. The number of carbonyl (C=O) groups is 1. The molecular weight excluding hydrogens is 899 g/mol. The maximum Gasteiger partial charge on any atom is 0.220 e. The van der Waals surface area contributed by atoms with Crippen molar-refractivity contribution in [3.63, 3.8) is 0 Å². The molecule has 72 heavy (non-hydrogen) atoms. The number of hydrogen-bond acceptors (Lipinski definition) is 8. The minimum Gasteiger partial charge on any atom is -0.394 e. The molecule has 0 spiro atoms. The minimum atomic E-state index is -1.57. The number of aliphatic hydroxyl groups is 5. The third kappa shape index (κ3) is 41.9. The first kappa shape index (κ1) is 68.7. The fourth-order valence-corrected chi connectivity index (χ4v) is 10.3. The molecule has 1 heterocycles. The minimum absolute atomic E-state index is 0.179. The number of allylic oxidation sites excluding steroid dienone is 3. The van der Waals surface area contributed by atoms with E-state index in [2.05, 4.69) is 31.3 Å². The van der Waals surface area contributed by atoms with Gasteiger partial charge in [0.05, 0.1) is 25.4 Å². The summed E-state index contributed by atoms with van der Waals surface area (Å²) in [5, 5.41) is 54.6. The van der Waals surface area contributed by atoms with Gasteiger partial charge >= 0.3 is 0 Å². The number of aliphatic hydroxyl groups excluding tert-OH is 5. The van der Waals surface area contributed by atoms with Gasteiger partial charge < -0.3 is 40.3 Å². The first-order chi connectivity index (χ1) is 35.3. The van der Waals surface area contributed by atoms with E-state index in [-0.39, 0.29) is 12.5 Å². The van der Waals surface area contributed by atoms with Crippen molar-refractivity contribution in [3.05, 3.63) is 24.3 Å². The van der Waals surface area contributed by atoms with Crippen LogP contribution < -0.4 is 5.32 Å². The van der Waals surface area contributed by atoms with Gasteiger partial charge in [-0.2, -0.15) is 0 Å². The Morgan fingerprint density at radius 2 is 0.792 bits per heavy atom. The van der Waals surface area contributed by atoms with Crippen LogP contribution >= 0.6 is 0 Å². The average Bonchev–Trinajstić information content (AvgIpc) is 3.38. The molecule has 0 bridgehead atoms. The van der Waals surface area contributed by atoms with Crippen LogP contribution in [0.25, 0.3) is 0 Å². The molecule has 7 unspecified atom stereocenters. The summed E-state index contributed by atoms with van der Waals surface area (Å²) in [5.74, 6) is -0.179. The van der Waals surface area contributed by atoms with Gasteiger partial charge in [0, 0.05) is 6.42 Å². The predicted molar refractivity (Wildman–Crippen MR) is 304 cm³/mol. The zero-order chi connectivity index (χ0) is 52.2. The highest BCUT2D eigenvalue weighted by atomic mass is 16.7. The molecular formula is C63H121NO8. The van der Waals surface area contributed by atoms with E-state index in [1.165, 1.54) is 257 Å². The van der Waals surface area contributed by atoms with Crippen molar-refractivity contribution >= 4 is 5.91 Å². The first-order valence-corrected chi connectivity index (χ1v) is 31.6. The van der Waals surface area contributed by atoms with Gasteiger partial charge in [0.1, 0.15) is 24.4 Å². The van der Waals surface area contributed by atoms with Crippen LogP contribution in [0.1, 0.15) is 316 Å². The highest BCUT2D eigenvalue weighted by Gasteiger charge is 2.44. The number of unbranched alkanes of at least 4 members (excludes halogenated alkanes) is 43. The average molecular weight is 1020 g/mol. The third-order valence-corrected chi connectivity index (χ3v) is 15.3. The fourth-order valence-electron chi connectivity index (χ4n) is 10.3. The summed E-state index contributed by atoms with van der Waals surface area (Å²) in [5.41, 5.74) is 0. The van der Waals surface area contributed by atoms with Gasteiger partial charge in [-0.15, -0.1) is 0 Å². The van der Waals surface area contributed by atoms with Crippen molar-refractivity contribution in [2.24, 2.45) is 0 Å². The lowest BCUT2D eigenvalue weighted by molar-refractivity contribution is -0.302. The van der Waals surface area contributed by atoms with E-state index >= 15 is 0 Å². The second kappa shape index (κ2) is 53.1. The molecule has 1 rings (SSSR count). The zero-order valence-corrected chi connectivity index (χ0v) is 47.5. The number of rotatable bonds is 55. The summed E-state index contributed by atoms with van der Waals surface area (Å²) in [6, 6.07) is -0.819. The van der Waals surface area contributed by atoms with E-state index in [1.54, 1.807) is 6.08 Å². The second-order valence-corrected chi connectivity index (χ2v) is 22.2. The van der Waals surface area contributed by atoms with Gasteiger partial charge in [-0.3, -0.25) is 4.79 Å². The molecule has 9 nitrogen and oxygen atoms in total. The number of hydrogen-bond donors (Lipinski definition) is 6. The summed E-state index contributed by atoms with van der Waals surface area (Å²) in [6.45, 7) is 3.81. The van der Waals surface area contributed by atoms with Crippen molar-refractivity contribution in [1.29, 1.82) is 0 Å². The molecule has 7 atom stereocenters. The van der Waals surface area contributed by atoms with Gasteiger partial charge in [-0.1, -0.05) is 301 Å². The Morgan fingerprint density at radius 3 is 1.17 bits per heavy atom. The summed E-state index contributed by atoms with van der Waals surface area (Å²) in [4.78, 5) is 13.1. The van der Waals surface area contributed by atoms with E-state index in [4.69, 9.17) is 9.47 Å². The Bertz CT molecular complexity index is 1180. The molecule has 0 aromatic rings. The van der Waals surface area contributed by atoms with Crippen LogP contribution in [0.2, 0.25) is 0 Å². The van der Waals surface area contributed by atoms with Crippen LogP contribution in [0.15, 0.2) is 24.3 Å². The van der Waals surface area contributed by atoms with Crippen molar-refractivity contribution in [3.8, 4) is 0 Å². The van der Waals surface area contributed by atoms with E-state index < -0.39 is 49.5 Å². The van der Waals surface area contributed by atoms with Gasteiger partial charge in [0.15, 0.2) is 6.29 Å². The van der Waals surface area contributed by atoms with Crippen LogP contribution in [0.5, 0.6) is 0 Å². The Labute approximate surface area is 445 Å². The first-order valence-electron chi connectivity index (χ1n) is 31.6. The molecule has 1 fully saturated rings. The smallest absolute Gasteiger partial charge is 0.220 e. The largest absolute Gasteiger partial charge is 0.394 e. The van der Waals surface area contributed by atoms with Crippen LogP contribution in [0.4, 0.5) is 0 Å². The summed E-state index contributed by atoms with van der Waals surface area (Å²) in [6.07, 6.45) is 61.2. The molecule has 0 aromatic carbocycles. The van der Waals surface area contributed by atoms with Crippen molar-refractivity contribution < 1.29 is 39.8 Å². The molecule has 6 N–H and O–H groups in total. The zero-order valence-electron chi connectivity index (χ0n) is 47.5. The van der Waals surface area contributed by atoms with Crippen LogP contribution in [0.3, 0.4) is 0 Å². The molecule has 1 aliphatic rings. The molecule has 1 saturated heterocycles. The number of carbonyl (C=O) groups excluding carboxylic acids is 1. The maximum absolute atomic E-state index is 13.1. The third-order valence-electron chi connectivity index (χ3n) is 15.3. The monoisotopic (exact) mass is 1020 g/mol. The maximum atomic E-state index is 13.1.